The molecule has 0 aliphatic heterocycles. The molecule has 290 valence electrons. The quantitative estimate of drug-likeness (QED) is 0.161. The Labute approximate surface area is 359 Å². The monoisotopic (exact) mass is 790 g/mol. The third-order valence-electron chi connectivity index (χ3n) is 12.1. The number of aromatic nitrogens is 4. The molecule has 0 bridgehead atoms. The third kappa shape index (κ3) is 6.00. The van der Waals surface area contributed by atoms with E-state index in [0.717, 1.165) is 56.1 Å². The molecule has 0 spiro atoms. The van der Waals surface area contributed by atoms with Crippen LogP contribution in [0.15, 0.2) is 231 Å². The van der Waals surface area contributed by atoms with Crippen molar-refractivity contribution < 1.29 is 0 Å². The Kier molecular flexibility index (Phi) is 8.46. The van der Waals surface area contributed by atoms with Crippen LogP contribution >= 0.6 is 0 Å². The van der Waals surface area contributed by atoms with Gasteiger partial charge < -0.3 is 9.13 Å². The molecule has 0 saturated carbocycles. The van der Waals surface area contributed by atoms with Crippen LogP contribution in [0.25, 0.3) is 111 Å². The van der Waals surface area contributed by atoms with Crippen molar-refractivity contribution in [3.8, 4) is 67.5 Å². The summed E-state index contributed by atoms with van der Waals surface area (Å²) < 4.78 is 4.81. The molecule has 0 radical (unpaired) electrons. The van der Waals surface area contributed by atoms with Gasteiger partial charge in [-0.1, -0.05) is 164 Å². The predicted molar refractivity (Wildman–Crippen MR) is 258 cm³/mol. The summed E-state index contributed by atoms with van der Waals surface area (Å²) in [6.07, 6.45) is 0. The molecule has 0 atom stereocenters. The van der Waals surface area contributed by atoms with Crippen molar-refractivity contribution >= 4 is 43.6 Å². The molecule has 3 heterocycles. The van der Waals surface area contributed by atoms with E-state index in [9.17, 15) is 0 Å². The van der Waals surface area contributed by atoms with Gasteiger partial charge in [-0.05, 0) is 89.0 Å². The molecule has 0 aliphatic rings. The van der Waals surface area contributed by atoms with Gasteiger partial charge in [0.05, 0.1) is 33.5 Å². The van der Waals surface area contributed by atoms with E-state index in [1.165, 1.54) is 49.2 Å². The summed E-state index contributed by atoms with van der Waals surface area (Å²) in [5.41, 5.74) is 16.5. The maximum Gasteiger partial charge on any atom is 0.160 e. The van der Waals surface area contributed by atoms with Crippen molar-refractivity contribution in [1.82, 2.24) is 19.1 Å². The summed E-state index contributed by atoms with van der Waals surface area (Å²) in [7, 11) is 0. The van der Waals surface area contributed by atoms with E-state index in [1.54, 1.807) is 0 Å². The Bertz CT molecular complexity index is 3600. The lowest BCUT2D eigenvalue weighted by Crippen LogP contribution is -1.96. The van der Waals surface area contributed by atoms with Gasteiger partial charge in [-0.15, -0.1) is 0 Å². The van der Waals surface area contributed by atoms with Crippen LogP contribution in [-0.2, 0) is 0 Å². The normalized spacial score (nSPS) is 11.5. The van der Waals surface area contributed by atoms with Gasteiger partial charge in [0.15, 0.2) is 5.82 Å². The fourth-order valence-electron chi connectivity index (χ4n) is 9.26. The van der Waals surface area contributed by atoms with E-state index < -0.39 is 0 Å². The predicted octanol–water partition coefficient (Wildman–Crippen LogP) is 15.0. The molecule has 62 heavy (non-hydrogen) atoms. The molecule has 0 N–H and O–H groups in total. The van der Waals surface area contributed by atoms with Gasteiger partial charge in [0.2, 0.25) is 0 Å². The number of fused-ring (bicyclic) bond motifs is 7. The number of nitrogens with zero attached hydrogens (tertiary/aromatic N) is 4. The van der Waals surface area contributed by atoms with E-state index in [0.29, 0.717) is 5.82 Å². The minimum Gasteiger partial charge on any atom is -0.309 e. The molecule has 4 nitrogen and oxygen atoms in total. The fourth-order valence-corrected chi connectivity index (χ4v) is 9.26. The fraction of sp³-hybridized carbons (Fsp3) is 0. The minimum atomic E-state index is 0.700. The molecular formula is C58H38N4. The van der Waals surface area contributed by atoms with Gasteiger partial charge in [-0.2, -0.15) is 0 Å². The molecule has 3 aromatic heterocycles. The van der Waals surface area contributed by atoms with E-state index in [1.807, 2.05) is 24.3 Å². The van der Waals surface area contributed by atoms with Crippen LogP contribution < -0.4 is 0 Å². The maximum absolute atomic E-state index is 5.16. The van der Waals surface area contributed by atoms with Crippen LogP contribution in [0, 0.1) is 0 Å². The Morgan fingerprint density at radius 3 is 1.19 bits per heavy atom. The molecule has 0 saturated heterocycles. The van der Waals surface area contributed by atoms with E-state index >= 15 is 0 Å². The second kappa shape index (κ2) is 14.7. The molecule has 9 aromatic carbocycles. The van der Waals surface area contributed by atoms with Crippen molar-refractivity contribution in [1.29, 1.82) is 0 Å². The van der Waals surface area contributed by atoms with Gasteiger partial charge in [-0.25, -0.2) is 9.97 Å². The van der Waals surface area contributed by atoms with Crippen molar-refractivity contribution in [3.63, 3.8) is 0 Å². The molecule has 4 heteroatoms. The smallest absolute Gasteiger partial charge is 0.160 e. The van der Waals surface area contributed by atoms with Gasteiger partial charge in [0.25, 0.3) is 0 Å². The summed E-state index contributed by atoms with van der Waals surface area (Å²) in [5.74, 6) is 0.700. The first-order valence-electron chi connectivity index (χ1n) is 21.1. The molecule has 12 rings (SSSR count). The minimum absolute atomic E-state index is 0.700. The van der Waals surface area contributed by atoms with Crippen LogP contribution in [0.5, 0.6) is 0 Å². The van der Waals surface area contributed by atoms with Gasteiger partial charge in [0.1, 0.15) is 0 Å². The zero-order valence-corrected chi connectivity index (χ0v) is 33.7. The molecule has 0 amide bonds. The highest BCUT2D eigenvalue weighted by molar-refractivity contribution is 6.28. The Morgan fingerprint density at radius 1 is 0.258 bits per heavy atom. The Balaban J connectivity index is 0.954. The molecule has 12 aromatic rings. The second-order valence-corrected chi connectivity index (χ2v) is 15.8. The van der Waals surface area contributed by atoms with E-state index in [2.05, 4.69) is 215 Å². The molecule has 0 aliphatic carbocycles. The van der Waals surface area contributed by atoms with Crippen molar-refractivity contribution in [2.75, 3.05) is 0 Å². The SMILES string of the molecule is c1ccc(-c2cccc(-c3cc(-c4cccc(-c5ccc(-n6c7ccccc7c7c8c9ccccc9n(-c9ccccc9)c8ccc76)cc5)c4)nc(-c4ccccc4)n3)c2)cc1. The summed E-state index contributed by atoms with van der Waals surface area (Å²) in [6.45, 7) is 0. The Hall–Kier alpha value is -8.34. The van der Waals surface area contributed by atoms with Crippen LogP contribution in [0.4, 0.5) is 0 Å². The Morgan fingerprint density at radius 2 is 0.661 bits per heavy atom. The number of hydrogen-bond acceptors (Lipinski definition) is 2. The lowest BCUT2D eigenvalue weighted by molar-refractivity contribution is 1.17. The summed E-state index contributed by atoms with van der Waals surface area (Å²) in [4.78, 5) is 10.3. The number of rotatable bonds is 7. The van der Waals surface area contributed by atoms with Crippen LogP contribution in [0.2, 0.25) is 0 Å². The summed E-state index contributed by atoms with van der Waals surface area (Å²) in [5, 5.41) is 5.04. The highest BCUT2D eigenvalue weighted by Crippen LogP contribution is 2.42. The van der Waals surface area contributed by atoms with Crippen LogP contribution in [-0.4, -0.2) is 19.1 Å². The highest BCUT2D eigenvalue weighted by atomic mass is 15.0. The lowest BCUT2D eigenvalue weighted by Gasteiger charge is -2.12. The first kappa shape index (κ1) is 35.6. The van der Waals surface area contributed by atoms with Crippen molar-refractivity contribution in [2.45, 2.75) is 0 Å². The topological polar surface area (TPSA) is 35.6 Å². The molecule has 0 unspecified atom stereocenters. The highest BCUT2D eigenvalue weighted by Gasteiger charge is 2.20. The number of hydrogen-bond donors (Lipinski definition) is 0. The molecular weight excluding hydrogens is 753 g/mol. The first-order chi connectivity index (χ1) is 30.7. The first-order valence-corrected chi connectivity index (χ1v) is 21.1. The number of para-hydroxylation sites is 3. The van der Waals surface area contributed by atoms with E-state index in [4.69, 9.17) is 9.97 Å². The van der Waals surface area contributed by atoms with Gasteiger partial charge in [0, 0.05) is 49.6 Å². The van der Waals surface area contributed by atoms with Crippen LogP contribution in [0.1, 0.15) is 0 Å². The standard InChI is InChI=1S/C58H38N4/c1-4-16-39(17-5-1)42-20-14-22-44(36-42)50-38-51(60-58(59-50)41-18-6-2-7-19-41)45-23-15-21-43(37-45)40-30-32-47(33-31-40)62-53-29-13-11-27-49(53)57-55(62)35-34-54-56(57)48-26-10-12-28-52(48)61(54)46-24-8-3-9-25-46/h1-38H. The zero-order valence-electron chi connectivity index (χ0n) is 33.7. The summed E-state index contributed by atoms with van der Waals surface area (Å²) in [6, 6.07) is 82.0. The van der Waals surface area contributed by atoms with E-state index in [-0.39, 0.29) is 0 Å². The zero-order chi connectivity index (χ0) is 41.0. The average Bonchev–Trinajstić information content (AvgIpc) is 3.88. The molecule has 0 fully saturated rings. The number of benzene rings is 9. The van der Waals surface area contributed by atoms with Crippen molar-refractivity contribution in [3.05, 3.63) is 231 Å². The van der Waals surface area contributed by atoms with Crippen LogP contribution in [0.3, 0.4) is 0 Å². The lowest BCUT2D eigenvalue weighted by atomic mass is 9.99. The van der Waals surface area contributed by atoms with Gasteiger partial charge in [-0.3, -0.25) is 0 Å². The third-order valence-corrected chi connectivity index (χ3v) is 12.1. The maximum atomic E-state index is 5.16. The van der Waals surface area contributed by atoms with Crippen molar-refractivity contribution in [2.24, 2.45) is 0 Å². The second-order valence-electron chi connectivity index (χ2n) is 15.8. The van der Waals surface area contributed by atoms with Gasteiger partial charge >= 0.3 is 0 Å². The average molecular weight is 791 g/mol. The summed E-state index contributed by atoms with van der Waals surface area (Å²) >= 11 is 0. The largest absolute Gasteiger partial charge is 0.309 e.